The van der Waals surface area contributed by atoms with Crippen LogP contribution in [0.25, 0.3) is 10.2 Å². The molecule has 4 rings (SSSR count). The fraction of sp³-hybridized carbons (Fsp3) is 0.333. The molecule has 0 bridgehead atoms. The van der Waals surface area contributed by atoms with E-state index < -0.39 is 0 Å². The van der Waals surface area contributed by atoms with Crippen molar-refractivity contribution in [2.45, 2.75) is 30.2 Å². The number of thiophene rings is 1. The highest BCUT2D eigenvalue weighted by Crippen LogP contribution is 2.40. The molecule has 1 aliphatic rings. The van der Waals surface area contributed by atoms with Crippen molar-refractivity contribution in [1.29, 1.82) is 0 Å². The molecule has 6 heteroatoms. The van der Waals surface area contributed by atoms with E-state index in [1.807, 2.05) is 6.07 Å². The van der Waals surface area contributed by atoms with Crippen LogP contribution in [0.5, 0.6) is 0 Å². The fourth-order valence-corrected chi connectivity index (χ4v) is 5.18. The van der Waals surface area contributed by atoms with Crippen molar-refractivity contribution in [2.75, 3.05) is 18.5 Å². The Morgan fingerprint density at radius 2 is 2.04 bits per heavy atom. The Labute approximate surface area is 149 Å². The lowest BCUT2D eigenvalue weighted by molar-refractivity contribution is 0.311. The van der Waals surface area contributed by atoms with E-state index in [4.69, 9.17) is 15.1 Å². The van der Waals surface area contributed by atoms with Crippen LogP contribution in [0.3, 0.4) is 0 Å². The third-order valence-electron chi connectivity index (χ3n) is 4.16. The first kappa shape index (κ1) is 15.9. The highest BCUT2D eigenvalue weighted by Gasteiger charge is 2.22. The van der Waals surface area contributed by atoms with Gasteiger partial charge in [0.05, 0.1) is 12.0 Å². The van der Waals surface area contributed by atoms with Crippen molar-refractivity contribution in [3.05, 3.63) is 46.3 Å². The maximum atomic E-state index is 9.16. The Morgan fingerprint density at radius 3 is 2.88 bits per heavy atom. The van der Waals surface area contributed by atoms with Gasteiger partial charge in [0.1, 0.15) is 10.6 Å². The van der Waals surface area contributed by atoms with Crippen LogP contribution >= 0.6 is 23.1 Å². The summed E-state index contributed by atoms with van der Waals surface area (Å²) in [6, 6.07) is 10.4. The van der Waals surface area contributed by atoms with E-state index in [1.165, 1.54) is 27.8 Å². The van der Waals surface area contributed by atoms with Gasteiger partial charge in [-0.1, -0.05) is 42.1 Å². The minimum atomic E-state index is 0.102. The van der Waals surface area contributed by atoms with Gasteiger partial charge in [0.15, 0.2) is 5.16 Å². The van der Waals surface area contributed by atoms with Crippen molar-refractivity contribution >= 4 is 39.1 Å². The molecule has 0 spiro atoms. The molecule has 0 saturated carbocycles. The van der Waals surface area contributed by atoms with Crippen LogP contribution in [-0.4, -0.2) is 28.2 Å². The van der Waals surface area contributed by atoms with Gasteiger partial charge in [-0.05, 0) is 30.4 Å². The molecule has 4 nitrogen and oxygen atoms in total. The Balaban J connectivity index is 1.66. The lowest BCUT2D eigenvalue weighted by atomic mass is 10.2. The predicted octanol–water partition coefficient (Wildman–Crippen LogP) is 3.88. The van der Waals surface area contributed by atoms with Crippen LogP contribution in [0.2, 0.25) is 0 Å². The standard InChI is InChI=1S/C18H19N3OS2/c22-10-9-19-16-15-13-7-4-8-14(13)24-17(15)21-18(20-16)23-11-12-5-2-1-3-6-12/h1-3,5-6,22H,4,7-11H2,(H,19,20,21). The first-order chi connectivity index (χ1) is 11.8. The molecular formula is C18H19N3OS2. The van der Waals surface area contributed by atoms with Gasteiger partial charge in [-0.2, -0.15) is 0 Å². The summed E-state index contributed by atoms with van der Waals surface area (Å²) in [7, 11) is 0. The fourth-order valence-electron chi connectivity index (χ4n) is 3.07. The molecule has 2 N–H and O–H groups in total. The molecule has 1 aliphatic carbocycles. The summed E-state index contributed by atoms with van der Waals surface area (Å²) in [5, 5.41) is 14.4. The first-order valence-corrected chi connectivity index (χ1v) is 9.99. The molecule has 124 valence electrons. The number of aromatic nitrogens is 2. The molecule has 24 heavy (non-hydrogen) atoms. The molecule has 0 saturated heterocycles. The minimum Gasteiger partial charge on any atom is -0.395 e. The zero-order valence-corrected chi connectivity index (χ0v) is 14.9. The third kappa shape index (κ3) is 3.14. The van der Waals surface area contributed by atoms with Gasteiger partial charge < -0.3 is 10.4 Å². The number of thioether (sulfide) groups is 1. The monoisotopic (exact) mass is 357 g/mol. The number of rotatable bonds is 6. The lowest BCUT2D eigenvalue weighted by Crippen LogP contribution is -2.08. The molecule has 0 fully saturated rings. The molecule has 3 aromatic rings. The summed E-state index contributed by atoms with van der Waals surface area (Å²) in [6.45, 7) is 0.615. The Morgan fingerprint density at radius 1 is 1.17 bits per heavy atom. The number of nitrogens with zero attached hydrogens (tertiary/aromatic N) is 2. The van der Waals surface area contributed by atoms with E-state index in [-0.39, 0.29) is 6.61 Å². The number of hydrogen-bond donors (Lipinski definition) is 2. The number of anilines is 1. The van der Waals surface area contributed by atoms with E-state index in [0.717, 1.165) is 34.4 Å². The zero-order chi connectivity index (χ0) is 16.4. The second kappa shape index (κ2) is 7.09. The van der Waals surface area contributed by atoms with Crippen LogP contribution in [0, 0.1) is 0 Å². The Kier molecular flexibility index (Phi) is 4.69. The highest BCUT2D eigenvalue weighted by atomic mass is 32.2. The van der Waals surface area contributed by atoms with Gasteiger partial charge in [-0.25, -0.2) is 9.97 Å². The Bertz CT molecular complexity index is 848. The van der Waals surface area contributed by atoms with Crippen LogP contribution in [-0.2, 0) is 18.6 Å². The summed E-state index contributed by atoms with van der Waals surface area (Å²) in [5.74, 6) is 1.74. The number of nitrogens with one attached hydrogen (secondary N) is 1. The largest absolute Gasteiger partial charge is 0.395 e. The lowest BCUT2D eigenvalue weighted by Gasteiger charge is -2.09. The van der Waals surface area contributed by atoms with Crippen molar-refractivity contribution in [3.63, 3.8) is 0 Å². The molecule has 2 aromatic heterocycles. The van der Waals surface area contributed by atoms with Gasteiger partial charge in [0.25, 0.3) is 0 Å². The number of aliphatic hydroxyl groups excluding tert-OH is 1. The topological polar surface area (TPSA) is 58.0 Å². The normalized spacial score (nSPS) is 13.4. The number of aliphatic hydroxyl groups is 1. The van der Waals surface area contributed by atoms with Crippen molar-refractivity contribution in [3.8, 4) is 0 Å². The minimum absolute atomic E-state index is 0.102. The van der Waals surface area contributed by atoms with Gasteiger partial charge in [0, 0.05) is 17.2 Å². The van der Waals surface area contributed by atoms with Crippen molar-refractivity contribution in [2.24, 2.45) is 0 Å². The molecule has 0 atom stereocenters. The molecule has 2 heterocycles. The second-order valence-corrected chi connectivity index (χ2v) is 7.84. The summed E-state index contributed by atoms with van der Waals surface area (Å²) in [4.78, 5) is 12.1. The summed E-state index contributed by atoms with van der Waals surface area (Å²) in [6.07, 6.45) is 3.49. The second-order valence-electron chi connectivity index (χ2n) is 5.82. The highest BCUT2D eigenvalue weighted by molar-refractivity contribution is 7.98. The molecule has 1 aromatic carbocycles. The van der Waals surface area contributed by atoms with E-state index in [1.54, 1.807) is 23.1 Å². The SMILES string of the molecule is OCCNc1nc(SCc2ccccc2)nc2sc3c(c12)CCC3. The third-order valence-corrected chi connectivity index (χ3v) is 6.26. The number of fused-ring (bicyclic) bond motifs is 3. The molecule has 0 radical (unpaired) electrons. The van der Waals surface area contributed by atoms with E-state index >= 15 is 0 Å². The zero-order valence-electron chi connectivity index (χ0n) is 13.3. The molecule has 0 amide bonds. The first-order valence-electron chi connectivity index (χ1n) is 8.19. The molecular weight excluding hydrogens is 338 g/mol. The van der Waals surface area contributed by atoms with Crippen LogP contribution in [0.4, 0.5) is 5.82 Å². The Hall–Kier alpha value is -1.63. The maximum absolute atomic E-state index is 9.16. The van der Waals surface area contributed by atoms with Crippen LogP contribution < -0.4 is 5.32 Å². The molecule has 0 unspecified atom stereocenters. The van der Waals surface area contributed by atoms with Crippen molar-refractivity contribution < 1.29 is 5.11 Å². The van der Waals surface area contributed by atoms with E-state index in [0.29, 0.717) is 6.54 Å². The summed E-state index contributed by atoms with van der Waals surface area (Å²) >= 11 is 3.46. The van der Waals surface area contributed by atoms with Gasteiger partial charge in [-0.3, -0.25) is 0 Å². The average molecular weight is 358 g/mol. The predicted molar refractivity (Wildman–Crippen MR) is 101 cm³/mol. The van der Waals surface area contributed by atoms with Crippen molar-refractivity contribution in [1.82, 2.24) is 9.97 Å². The van der Waals surface area contributed by atoms with Gasteiger partial charge in [-0.15, -0.1) is 11.3 Å². The number of hydrogen-bond acceptors (Lipinski definition) is 6. The van der Waals surface area contributed by atoms with Gasteiger partial charge >= 0.3 is 0 Å². The summed E-state index contributed by atoms with van der Waals surface area (Å²) < 4.78 is 0. The molecule has 0 aliphatic heterocycles. The van der Waals surface area contributed by atoms with Gasteiger partial charge in [0.2, 0.25) is 0 Å². The van der Waals surface area contributed by atoms with Crippen LogP contribution in [0.1, 0.15) is 22.4 Å². The smallest absolute Gasteiger partial charge is 0.191 e. The van der Waals surface area contributed by atoms with E-state index in [2.05, 4.69) is 29.6 Å². The quantitative estimate of drug-likeness (QED) is 0.518. The van der Waals surface area contributed by atoms with Crippen LogP contribution in [0.15, 0.2) is 35.5 Å². The average Bonchev–Trinajstić information content (AvgIpc) is 3.19. The number of aryl methyl sites for hydroxylation is 2. The van der Waals surface area contributed by atoms with E-state index in [9.17, 15) is 0 Å². The number of benzene rings is 1. The maximum Gasteiger partial charge on any atom is 0.191 e. The summed E-state index contributed by atoms with van der Waals surface area (Å²) in [5.41, 5.74) is 2.68.